The molecule has 1 unspecified atom stereocenters. The van der Waals surface area contributed by atoms with Crippen LogP contribution in [0.15, 0.2) is 48.6 Å². The first kappa shape index (κ1) is 51.8. The molecule has 0 aliphatic carbocycles. The molecule has 0 heterocycles. The summed E-state index contributed by atoms with van der Waals surface area (Å²) in [6, 6.07) is 1.22. The van der Waals surface area contributed by atoms with Crippen molar-refractivity contribution >= 4 is 32.8 Å². The van der Waals surface area contributed by atoms with E-state index < -0.39 is 16.9 Å². The van der Waals surface area contributed by atoms with Crippen LogP contribution in [-0.2, 0) is 13.3 Å². The molecule has 0 spiro atoms. The molecule has 0 aromatic rings. The third kappa shape index (κ3) is 39.4. The van der Waals surface area contributed by atoms with E-state index in [0.717, 1.165) is 37.6 Å². The van der Waals surface area contributed by atoms with Crippen molar-refractivity contribution in [3.8, 4) is 0 Å². The van der Waals surface area contributed by atoms with Gasteiger partial charge in [0.05, 0.1) is 0 Å². The third-order valence-electron chi connectivity index (χ3n) is 9.64. The van der Waals surface area contributed by atoms with Crippen LogP contribution in [0.2, 0.25) is 32.2 Å². The van der Waals surface area contributed by atoms with Crippen LogP contribution in [0.5, 0.6) is 0 Å². The number of hydrogen-bond donors (Lipinski definition) is 0. The number of allylic oxidation sites excluding steroid dienone is 8. The van der Waals surface area contributed by atoms with Crippen LogP contribution in [0, 0.1) is 0 Å². The van der Waals surface area contributed by atoms with Crippen LogP contribution < -0.4 is 0 Å². The van der Waals surface area contributed by atoms with Gasteiger partial charge >= 0.3 is 8.56 Å². The van der Waals surface area contributed by atoms with Gasteiger partial charge in [0.1, 0.15) is 6.29 Å². The summed E-state index contributed by atoms with van der Waals surface area (Å²) in [5.74, 6) is 0. The smallest absolute Gasteiger partial charge is 0.323 e. The zero-order valence-corrected chi connectivity index (χ0v) is 39.3. The van der Waals surface area contributed by atoms with Crippen LogP contribution in [0.4, 0.5) is 0 Å². The van der Waals surface area contributed by atoms with Crippen molar-refractivity contribution in [2.45, 2.75) is 232 Å². The molecular weight excluding hydrogens is 737 g/mol. The molecule has 0 aliphatic heterocycles. The van der Waals surface area contributed by atoms with Gasteiger partial charge in [-0.25, -0.2) is 0 Å². The molecule has 6 heteroatoms. The zero-order valence-electron chi connectivity index (χ0n) is 35.7. The average molecular weight is 826 g/mol. The van der Waals surface area contributed by atoms with Gasteiger partial charge in [-0.1, -0.05) is 168 Å². The lowest BCUT2D eigenvalue weighted by Crippen LogP contribution is -2.48. The minimum Gasteiger partial charge on any atom is -0.436 e. The molecule has 3 nitrogen and oxygen atoms in total. The Hall–Kier alpha value is -0.246. The van der Waals surface area contributed by atoms with Crippen molar-refractivity contribution < 1.29 is 13.3 Å². The second-order valence-corrected chi connectivity index (χ2v) is 24.8. The molecular formula is C46H89BrO3Si2. The van der Waals surface area contributed by atoms with Gasteiger partial charge in [-0.15, -0.1) is 0 Å². The number of alkyl halides is 1. The Balaban J connectivity index is 4.45. The highest BCUT2D eigenvalue weighted by Gasteiger charge is 2.36. The van der Waals surface area contributed by atoms with E-state index in [1.807, 2.05) is 0 Å². The Morgan fingerprint density at radius 2 is 0.904 bits per heavy atom. The maximum absolute atomic E-state index is 6.88. The summed E-state index contributed by atoms with van der Waals surface area (Å²) in [7, 11) is -4.06. The van der Waals surface area contributed by atoms with E-state index in [2.05, 4.69) is 105 Å². The topological polar surface area (TPSA) is 27.7 Å². The van der Waals surface area contributed by atoms with Crippen molar-refractivity contribution in [1.82, 2.24) is 0 Å². The van der Waals surface area contributed by atoms with Gasteiger partial charge in [0.2, 0.25) is 0 Å². The first-order valence-corrected chi connectivity index (χ1v) is 29.5. The minimum absolute atomic E-state index is 0.124. The largest absolute Gasteiger partial charge is 0.436 e. The molecule has 0 aromatic carbocycles. The van der Waals surface area contributed by atoms with E-state index in [1.54, 1.807) is 0 Å². The summed E-state index contributed by atoms with van der Waals surface area (Å²) in [5.41, 5.74) is 0. The number of unbranched alkanes of at least 4 members (excludes halogenated alkanes) is 20. The van der Waals surface area contributed by atoms with E-state index in [-0.39, 0.29) is 6.29 Å². The van der Waals surface area contributed by atoms with Gasteiger partial charge < -0.3 is 13.3 Å². The normalized spacial score (nSPS) is 13.6. The molecule has 0 N–H and O–H groups in total. The molecule has 52 heavy (non-hydrogen) atoms. The molecule has 0 saturated carbocycles. The minimum atomic E-state index is -2.29. The molecule has 0 aliphatic rings. The molecule has 306 valence electrons. The summed E-state index contributed by atoms with van der Waals surface area (Å²) in [6.07, 6.45) is 53.9. The molecule has 0 saturated heterocycles. The van der Waals surface area contributed by atoms with Gasteiger partial charge in [0.25, 0.3) is 0 Å². The van der Waals surface area contributed by atoms with Crippen LogP contribution in [0.3, 0.4) is 0 Å². The number of hydrogen-bond acceptors (Lipinski definition) is 3. The fourth-order valence-electron chi connectivity index (χ4n) is 6.66. The Morgan fingerprint density at radius 3 is 1.40 bits per heavy atom. The second kappa shape index (κ2) is 39.0. The van der Waals surface area contributed by atoms with Gasteiger partial charge in [0.15, 0.2) is 8.32 Å². The van der Waals surface area contributed by atoms with E-state index >= 15 is 0 Å². The Labute approximate surface area is 337 Å². The molecule has 0 radical (unpaired) electrons. The summed E-state index contributed by atoms with van der Waals surface area (Å²) >= 11 is 3.56. The predicted octanol–water partition coefficient (Wildman–Crippen LogP) is 16.9. The predicted molar refractivity (Wildman–Crippen MR) is 243 cm³/mol. The van der Waals surface area contributed by atoms with Gasteiger partial charge in [0, 0.05) is 11.9 Å². The maximum Gasteiger partial charge on any atom is 0.323 e. The number of halogens is 1. The number of rotatable bonds is 40. The molecule has 0 rings (SSSR count). The first-order chi connectivity index (χ1) is 25.3. The highest BCUT2D eigenvalue weighted by atomic mass is 79.9. The van der Waals surface area contributed by atoms with Crippen LogP contribution in [0.25, 0.3) is 0 Å². The highest BCUT2D eigenvalue weighted by molar-refractivity contribution is 9.09. The van der Waals surface area contributed by atoms with Gasteiger partial charge in [-0.05, 0) is 122 Å². The van der Waals surface area contributed by atoms with Crippen molar-refractivity contribution in [3.05, 3.63) is 48.6 Å². The van der Waals surface area contributed by atoms with Crippen LogP contribution in [-0.4, -0.2) is 35.1 Å². The molecule has 0 bridgehead atoms. The van der Waals surface area contributed by atoms with Crippen molar-refractivity contribution in [2.75, 3.05) is 11.9 Å². The summed E-state index contributed by atoms with van der Waals surface area (Å²) in [6.45, 7) is 14.6. The molecule has 0 aromatic heterocycles. The van der Waals surface area contributed by atoms with E-state index in [9.17, 15) is 0 Å². The fourth-order valence-corrected chi connectivity index (χ4v) is 14.9. The first-order valence-electron chi connectivity index (χ1n) is 22.4. The van der Waals surface area contributed by atoms with Crippen molar-refractivity contribution in [1.29, 1.82) is 0 Å². The quantitative estimate of drug-likeness (QED) is 0.0203. The lowest BCUT2D eigenvalue weighted by atomic mass is 10.1. The summed E-state index contributed by atoms with van der Waals surface area (Å²) in [4.78, 5) is 0. The lowest BCUT2D eigenvalue weighted by Gasteiger charge is -2.36. The SMILES string of the molecule is CCCCC/C=C\C/C=C\CCCCCCCCOC(CCCCCCC/C=C\C/C=C\CCCCC)O[Si](C)(C)O[Si](C)(C)CCCCCCBr. The van der Waals surface area contributed by atoms with Crippen LogP contribution in [0.1, 0.15) is 194 Å². The lowest BCUT2D eigenvalue weighted by molar-refractivity contribution is -0.0999. The maximum atomic E-state index is 6.88. The van der Waals surface area contributed by atoms with Crippen molar-refractivity contribution in [2.24, 2.45) is 0 Å². The van der Waals surface area contributed by atoms with E-state index in [4.69, 9.17) is 13.3 Å². The third-order valence-corrected chi connectivity index (χ3v) is 16.8. The van der Waals surface area contributed by atoms with Crippen molar-refractivity contribution in [3.63, 3.8) is 0 Å². The van der Waals surface area contributed by atoms with Gasteiger partial charge in [-0.3, -0.25) is 0 Å². The monoisotopic (exact) mass is 825 g/mol. The number of ether oxygens (including phenoxy) is 1. The van der Waals surface area contributed by atoms with E-state index in [1.165, 1.54) is 160 Å². The zero-order chi connectivity index (χ0) is 38.3. The molecule has 1 atom stereocenters. The average Bonchev–Trinajstić information content (AvgIpc) is 3.10. The molecule has 0 fully saturated rings. The van der Waals surface area contributed by atoms with E-state index in [0.29, 0.717) is 0 Å². The van der Waals surface area contributed by atoms with Crippen LogP contribution >= 0.6 is 15.9 Å². The summed E-state index contributed by atoms with van der Waals surface area (Å²) < 4.78 is 20.1. The summed E-state index contributed by atoms with van der Waals surface area (Å²) in [5, 5.41) is 1.11. The Bertz CT molecular complexity index is 855. The Kier molecular flexibility index (Phi) is 38.8. The Morgan fingerprint density at radius 1 is 0.481 bits per heavy atom. The highest BCUT2D eigenvalue weighted by Crippen LogP contribution is 2.25. The van der Waals surface area contributed by atoms with Gasteiger partial charge in [-0.2, -0.15) is 0 Å². The second-order valence-electron chi connectivity index (χ2n) is 16.1. The standard InChI is InChI=1S/C46H89BrO3Si2/c1-7-9-11-13-15-17-19-21-23-25-27-29-31-33-36-40-44-48-46(49-52(5,6)50-51(3,4)45-41-37-35-39-43-47)42-38-34-32-30-28-26-24-22-20-18-16-14-12-10-8-2/h15-18,21-24,46H,7-14,19-20,25-45H2,1-6H3/b17-15-,18-16-,23-21-,24-22-. The fraction of sp³-hybridized carbons (Fsp3) is 0.826. The molecule has 0 amide bonds.